The first kappa shape index (κ1) is 11.6. The van der Waals surface area contributed by atoms with Crippen LogP contribution in [0.5, 0.6) is 0 Å². The molecule has 0 aliphatic heterocycles. The molecule has 1 heterocycles. The predicted molar refractivity (Wildman–Crippen MR) is 67.7 cm³/mol. The standard InChI is InChI=1S/C11H13N3S2/c1-2-9(12)8-5-3-4-6-10(8)16-11-14-13-7-15-11/h3-7,9H,2,12H2,1H3. The largest absolute Gasteiger partial charge is 0.324 e. The molecule has 16 heavy (non-hydrogen) atoms. The monoisotopic (exact) mass is 251 g/mol. The van der Waals surface area contributed by atoms with Crippen molar-refractivity contribution in [3.05, 3.63) is 35.3 Å². The van der Waals surface area contributed by atoms with Crippen molar-refractivity contribution in [2.24, 2.45) is 5.73 Å². The first-order chi connectivity index (χ1) is 7.81. The van der Waals surface area contributed by atoms with Crippen LogP contribution in [-0.2, 0) is 0 Å². The van der Waals surface area contributed by atoms with Gasteiger partial charge in [0.2, 0.25) is 0 Å². The van der Waals surface area contributed by atoms with Crippen molar-refractivity contribution in [1.29, 1.82) is 0 Å². The van der Waals surface area contributed by atoms with Crippen LogP contribution in [-0.4, -0.2) is 10.2 Å². The molecule has 0 fully saturated rings. The van der Waals surface area contributed by atoms with Crippen molar-refractivity contribution in [3.8, 4) is 0 Å². The van der Waals surface area contributed by atoms with Crippen molar-refractivity contribution in [2.45, 2.75) is 28.6 Å². The van der Waals surface area contributed by atoms with Gasteiger partial charge >= 0.3 is 0 Å². The molecule has 0 radical (unpaired) electrons. The predicted octanol–water partition coefficient (Wildman–Crippen LogP) is 3.10. The summed E-state index contributed by atoms with van der Waals surface area (Å²) < 4.78 is 0.954. The van der Waals surface area contributed by atoms with Crippen LogP contribution in [0.3, 0.4) is 0 Å². The van der Waals surface area contributed by atoms with Gasteiger partial charge in [-0.2, -0.15) is 0 Å². The van der Waals surface area contributed by atoms with Gasteiger partial charge in [0, 0.05) is 10.9 Å². The second-order valence-electron chi connectivity index (χ2n) is 3.36. The van der Waals surface area contributed by atoms with Crippen LogP contribution >= 0.6 is 23.1 Å². The van der Waals surface area contributed by atoms with E-state index in [9.17, 15) is 0 Å². The van der Waals surface area contributed by atoms with Gasteiger partial charge in [-0.25, -0.2) is 0 Å². The van der Waals surface area contributed by atoms with Crippen molar-refractivity contribution >= 4 is 23.1 Å². The second-order valence-corrected chi connectivity index (χ2v) is 5.48. The Bertz CT molecular complexity index is 442. The third kappa shape index (κ3) is 2.61. The molecule has 1 unspecified atom stereocenters. The van der Waals surface area contributed by atoms with Crippen LogP contribution in [0, 0.1) is 0 Å². The van der Waals surface area contributed by atoms with E-state index in [1.54, 1.807) is 28.6 Å². The Morgan fingerprint density at radius 2 is 2.25 bits per heavy atom. The highest BCUT2D eigenvalue weighted by Gasteiger charge is 2.10. The molecule has 0 saturated heterocycles. The minimum absolute atomic E-state index is 0.0941. The average molecular weight is 251 g/mol. The number of aromatic nitrogens is 2. The summed E-state index contributed by atoms with van der Waals surface area (Å²) in [6.07, 6.45) is 0.938. The van der Waals surface area contributed by atoms with Gasteiger partial charge in [0.15, 0.2) is 4.34 Å². The molecule has 0 bridgehead atoms. The third-order valence-electron chi connectivity index (χ3n) is 2.30. The molecule has 0 aliphatic rings. The number of rotatable bonds is 4. The Balaban J connectivity index is 2.26. The quantitative estimate of drug-likeness (QED) is 0.907. The molecule has 2 N–H and O–H groups in total. The number of hydrogen-bond acceptors (Lipinski definition) is 5. The number of benzene rings is 1. The molecule has 1 aromatic heterocycles. The summed E-state index contributed by atoms with van der Waals surface area (Å²) in [4.78, 5) is 1.17. The summed E-state index contributed by atoms with van der Waals surface area (Å²) in [6, 6.07) is 8.30. The molecule has 0 spiro atoms. The Hall–Kier alpha value is -0.910. The summed E-state index contributed by atoms with van der Waals surface area (Å²) in [7, 11) is 0. The van der Waals surface area contributed by atoms with Crippen molar-refractivity contribution in [2.75, 3.05) is 0 Å². The fourth-order valence-corrected chi connectivity index (χ4v) is 3.03. The van der Waals surface area contributed by atoms with E-state index >= 15 is 0 Å². The molecule has 0 aliphatic carbocycles. The molecule has 5 heteroatoms. The van der Waals surface area contributed by atoms with Crippen LogP contribution in [0.2, 0.25) is 0 Å². The van der Waals surface area contributed by atoms with E-state index in [1.807, 2.05) is 12.1 Å². The molecule has 84 valence electrons. The average Bonchev–Trinajstić information content (AvgIpc) is 2.82. The van der Waals surface area contributed by atoms with Crippen LogP contribution in [0.25, 0.3) is 0 Å². The summed E-state index contributed by atoms with van der Waals surface area (Å²) in [6.45, 7) is 2.09. The van der Waals surface area contributed by atoms with Gasteiger partial charge < -0.3 is 5.73 Å². The number of nitrogens with two attached hydrogens (primary N) is 1. The van der Waals surface area contributed by atoms with Gasteiger partial charge in [-0.1, -0.05) is 48.2 Å². The van der Waals surface area contributed by atoms with Crippen molar-refractivity contribution in [3.63, 3.8) is 0 Å². The molecule has 0 amide bonds. The topological polar surface area (TPSA) is 51.8 Å². The maximum atomic E-state index is 6.08. The molecule has 0 saturated carbocycles. The lowest BCUT2D eigenvalue weighted by molar-refractivity contribution is 0.685. The minimum Gasteiger partial charge on any atom is -0.324 e. The summed E-state index contributed by atoms with van der Waals surface area (Å²) in [5.41, 5.74) is 9.00. The van der Waals surface area contributed by atoms with E-state index in [-0.39, 0.29) is 6.04 Å². The molecule has 1 atom stereocenters. The van der Waals surface area contributed by atoms with Crippen LogP contribution in [0.4, 0.5) is 0 Å². The molecule has 3 nitrogen and oxygen atoms in total. The maximum Gasteiger partial charge on any atom is 0.178 e. The zero-order chi connectivity index (χ0) is 11.4. The Morgan fingerprint density at radius 1 is 1.44 bits per heavy atom. The first-order valence-electron chi connectivity index (χ1n) is 5.09. The molecule has 1 aromatic carbocycles. The van der Waals surface area contributed by atoms with Gasteiger partial charge in [0.25, 0.3) is 0 Å². The minimum atomic E-state index is 0.0941. The van der Waals surface area contributed by atoms with Crippen molar-refractivity contribution in [1.82, 2.24) is 10.2 Å². The van der Waals surface area contributed by atoms with E-state index in [0.29, 0.717) is 0 Å². The summed E-state index contributed by atoms with van der Waals surface area (Å²) in [5.74, 6) is 0. The van der Waals surface area contributed by atoms with Gasteiger partial charge in [-0.15, -0.1) is 10.2 Å². The lowest BCUT2D eigenvalue weighted by Crippen LogP contribution is -2.09. The van der Waals surface area contributed by atoms with Gasteiger partial charge in [-0.3, -0.25) is 0 Å². The van der Waals surface area contributed by atoms with E-state index in [4.69, 9.17) is 5.73 Å². The van der Waals surface area contributed by atoms with E-state index < -0.39 is 0 Å². The van der Waals surface area contributed by atoms with Crippen LogP contribution in [0.1, 0.15) is 24.9 Å². The van der Waals surface area contributed by atoms with E-state index in [1.165, 1.54) is 10.5 Å². The Labute approximate surface area is 103 Å². The third-order valence-corrected chi connectivity index (χ3v) is 4.17. The van der Waals surface area contributed by atoms with Crippen LogP contribution in [0.15, 0.2) is 39.0 Å². The molecular formula is C11H13N3S2. The highest BCUT2D eigenvalue weighted by molar-refractivity contribution is 8.01. The zero-order valence-corrected chi connectivity index (χ0v) is 10.6. The summed E-state index contributed by atoms with van der Waals surface area (Å²) in [5, 5.41) is 7.86. The Kier molecular flexibility index (Phi) is 3.93. The summed E-state index contributed by atoms with van der Waals surface area (Å²) >= 11 is 3.18. The van der Waals surface area contributed by atoms with Gasteiger partial charge in [-0.05, 0) is 18.1 Å². The fourth-order valence-electron chi connectivity index (χ4n) is 1.40. The highest BCUT2D eigenvalue weighted by Crippen LogP contribution is 2.33. The van der Waals surface area contributed by atoms with E-state index in [0.717, 1.165) is 10.8 Å². The number of nitrogens with zero attached hydrogens (tertiary/aromatic N) is 2. The fraction of sp³-hybridized carbons (Fsp3) is 0.273. The number of hydrogen-bond donors (Lipinski definition) is 1. The lowest BCUT2D eigenvalue weighted by Gasteiger charge is -2.13. The highest BCUT2D eigenvalue weighted by atomic mass is 32.2. The molecule has 2 rings (SSSR count). The second kappa shape index (κ2) is 5.43. The zero-order valence-electron chi connectivity index (χ0n) is 8.96. The van der Waals surface area contributed by atoms with Crippen molar-refractivity contribution < 1.29 is 0 Å². The maximum absolute atomic E-state index is 6.08. The van der Waals surface area contributed by atoms with E-state index in [2.05, 4.69) is 29.3 Å². The van der Waals surface area contributed by atoms with Gasteiger partial charge in [0.1, 0.15) is 5.51 Å². The SMILES string of the molecule is CCC(N)c1ccccc1Sc1nncs1. The molecular weight excluding hydrogens is 238 g/mol. The van der Waals surface area contributed by atoms with Crippen LogP contribution < -0.4 is 5.73 Å². The normalized spacial score (nSPS) is 12.6. The lowest BCUT2D eigenvalue weighted by atomic mass is 10.1. The molecule has 2 aromatic rings. The van der Waals surface area contributed by atoms with Gasteiger partial charge in [0.05, 0.1) is 0 Å². The Morgan fingerprint density at radius 3 is 2.94 bits per heavy atom. The smallest absolute Gasteiger partial charge is 0.178 e. The first-order valence-corrected chi connectivity index (χ1v) is 6.79.